The van der Waals surface area contributed by atoms with Gasteiger partial charge >= 0.3 is 0 Å². The predicted molar refractivity (Wildman–Crippen MR) is 179 cm³/mol. The van der Waals surface area contributed by atoms with Gasteiger partial charge in [-0.05, 0) is 87.6 Å². The molecule has 1 N–H and O–H groups in total. The maximum absolute atomic E-state index is 3.62. The van der Waals surface area contributed by atoms with Crippen LogP contribution in [0.5, 0.6) is 0 Å². The molecule has 1 aromatic heterocycles. The molecule has 0 aliphatic heterocycles. The van der Waals surface area contributed by atoms with Crippen molar-refractivity contribution in [2.75, 3.05) is 5.32 Å². The fourth-order valence-corrected chi connectivity index (χ4v) is 6.04. The summed E-state index contributed by atoms with van der Waals surface area (Å²) >= 11 is 0. The molecule has 8 aromatic rings. The number of benzene rings is 7. The van der Waals surface area contributed by atoms with Gasteiger partial charge in [-0.25, -0.2) is 0 Å². The third-order valence-electron chi connectivity index (χ3n) is 8.16. The average molecular weight is 537 g/mol. The summed E-state index contributed by atoms with van der Waals surface area (Å²) in [5.41, 5.74) is 10.6. The van der Waals surface area contributed by atoms with Crippen molar-refractivity contribution in [2.24, 2.45) is 0 Å². The third kappa shape index (κ3) is 4.31. The highest BCUT2D eigenvalue weighted by atomic mass is 15.0. The Bertz CT molecular complexity index is 2190. The molecule has 0 saturated carbocycles. The number of rotatable bonds is 5. The summed E-state index contributed by atoms with van der Waals surface area (Å²) in [4.78, 5) is 0. The number of hydrogen-bond acceptors (Lipinski definition) is 1. The largest absolute Gasteiger partial charge is 0.356 e. The van der Waals surface area contributed by atoms with E-state index in [1.54, 1.807) is 0 Å². The number of aromatic nitrogens is 1. The molecule has 42 heavy (non-hydrogen) atoms. The minimum absolute atomic E-state index is 1.07. The van der Waals surface area contributed by atoms with Crippen molar-refractivity contribution in [2.45, 2.75) is 0 Å². The second-order valence-electron chi connectivity index (χ2n) is 10.8. The van der Waals surface area contributed by atoms with E-state index in [-0.39, 0.29) is 0 Å². The van der Waals surface area contributed by atoms with Crippen LogP contribution in [0.25, 0.3) is 60.5 Å². The van der Waals surface area contributed by atoms with Gasteiger partial charge in [-0.3, -0.25) is 0 Å². The van der Waals surface area contributed by atoms with Crippen LogP contribution in [0.3, 0.4) is 0 Å². The average Bonchev–Trinajstić information content (AvgIpc) is 3.39. The molecule has 0 saturated heterocycles. The molecule has 1 heterocycles. The van der Waals surface area contributed by atoms with Gasteiger partial charge in [0.25, 0.3) is 0 Å². The lowest BCUT2D eigenvalue weighted by Gasteiger charge is -2.10. The summed E-state index contributed by atoms with van der Waals surface area (Å²) < 4.78 is 2.34. The van der Waals surface area contributed by atoms with Gasteiger partial charge in [0.15, 0.2) is 0 Å². The Hall–Kier alpha value is -5.60. The van der Waals surface area contributed by atoms with E-state index in [0.29, 0.717) is 0 Å². The molecule has 198 valence electrons. The van der Waals surface area contributed by atoms with E-state index in [1.807, 2.05) is 0 Å². The molecule has 0 atom stereocenters. The topological polar surface area (TPSA) is 17.0 Å². The van der Waals surface area contributed by atoms with Crippen molar-refractivity contribution in [1.29, 1.82) is 0 Å². The summed E-state index contributed by atoms with van der Waals surface area (Å²) in [6, 6.07) is 58.6. The number of nitrogens with zero attached hydrogens (tertiary/aromatic N) is 1. The standard InChI is InChI=1S/C40H28N2/c1-2-10-36(11-3-1)42-39-13-7-6-12-37(39)38-27-35(24-25-40(38)42)41-34-22-20-30(21-23-34)29-14-16-31(17-15-29)33-19-18-28-8-4-5-9-32(28)26-33/h1-27,41H. The van der Waals surface area contributed by atoms with E-state index >= 15 is 0 Å². The van der Waals surface area contributed by atoms with Crippen molar-refractivity contribution in [1.82, 2.24) is 4.57 Å². The molecule has 2 nitrogen and oxygen atoms in total. The zero-order valence-corrected chi connectivity index (χ0v) is 23.0. The van der Waals surface area contributed by atoms with E-state index in [1.165, 1.54) is 60.5 Å². The van der Waals surface area contributed by atoms with Crippen molar-refractivity contribution >= 4 is 44.0 Å². The second kappa shape index (κ2) is 10.1. The van der Waals surface area contributed by atoms with E-state index < -0.39 is 0 Å². The Balaban J connectivity index is 1.05. The number of para-hydroxylation sites is 2. The fraction of sp³-hybridized carbons (Fsp3) is 0. The van der Waals surface area contributed by atoms with Crippen LogP contribution in [-0.2, 0) is 0 Å². The third-order valence-corrected chi connectivity index (χ3v) is 8.16. The SMILES string of the molecule is c1ccc(-n2c3ccccc3c3cc(Nc4ccc(-c5ccc(-c6ccc7ccccc7c6)cc5)cc4)ccc32)cc1. The molecule has 0 amide bonds. The van der Waals surface area contributed by atoms with Crippen molar-refractivity contribution in [3.8, 4) is 27.9 Å². The Morgan fingerprint density at radius 3 is 1.71 bits per heavy atom. The first kappa shape index (κ1) is 24.2. The Morgan fingerprint density at radius 2 is 0.929 bits per heavy atom. The first-order valence-electron chi connectivity index (χ1n) is 14.4. The van der Waals surface area contributed by atoms with Crippen LogP contribution >= 0.6 is 0 Å². The summed E-state index contributed by atoms with van der Waals surface area (Å²) in [6.45, 7) is 0. The maximum atomic E-state index is 3.62. The zero-order chi connectivity index (χ0) is 27.9. The number of fused-ring (bicyclic) bond motifs is 4. The fourth-order valence-electron chi connectivity index (χ4n) is 6.04. The summed E-state index contributed by atoms with van der Waals surface area (Å²) in [6.07, 6.45) is 0. The first-order chi connectivity index (χ1) is 20.8. The lowest BCUT2D eigenvalue weighted by atomic mass is 9.98. The number of hydrogen-bond donors (Lipinski definition) is 1. The molecule has 0 aliphatic rings. The highest BCUT2D eigenvalue weighted by Gasteiger charge is 2.12. The van der Waals surface area contributed by atoms with E-state index in [9.17, 15) is 0 Å². The molecule has 0 radical (unpaired) electrons. The van der Waals surface area contributed by atoms with Crippen LogP contribution in [0.15, 0.2) is 164 Å². The number of nitrogens with one attached hydrogen (secondary N) is 1. The van der Waals surface area contributed by atoms with Gasteiger partial charge in [-0.15, -0.1) is 0 Å². The number of anilines is 2. The van der Waals surface area contributed by atoms with Crippen molar-refractivity contribution in [3.63, 3.8) is 0 Å². The monoisotopic (exact) mass is 536 g/mol. The van der Waals surface area contributed by atoms with Gasteiger partial charge in [-0.1, -0.05) is 109 Å². The minimum Gasteiger partial charge on any atom is -0.356 e. The molecule has 8 rings (SSSR count). The minimum atomic E-state index is 1.07. The molecule has 7 aromatic carbocycles. The van der Waals surface area contributed by atoms with Crippen LogP contribution < -0.4 is 5.32 Å². The van der Waals surface area contributed by atoms with Gasteiger partial charge < -0.3 is 9.88 Å². The molecule has 0 aliphatic carbocycles. The summed E-state index contributed by atoms with van der Waals surface area (Å²) in [5.74, 6) is 0. The molecular formula is C40H28N2. The summed E-state index contributed by atoms with van der Waals surface area (Å²) in [5, 5.41) is 8.65. The second-order valence-corrected chi connectivity index (χ2v) is 10.8. The van der Waals surface area contributed by atoms with Gasteiger partial charge in [0.2, 0.25) is 0 Å². The smallest absolute Gasteiger partial charge is 0.0542 e. The quantitative estimate of drug-likeness (QED) is 0.231. The molecule has 0 fully saturated rings. The molecule has 0 unspecified atom stereocenters. The van der Waals surface area contributed by atoms with Crippen LogP contribution in [0.2, 0.25) is 0 Å². The normalized spacial score (nSPS) is 11.3. The lowest BCUT2D eigenvalue weighted by molar-refractivity contribution is 1.18. The van der Waals surface area contributed by atoms with Crippen molar-refractivity contribution in [3.05, 3.63) is 164 Å². The van der Waals surface area contributed by atoms with Crippen LogP contribution in [0, 0.1) is 0 Å². The highest BCUT2D eigenvalue weighted by molar-refractivity contribution is 6.10. The van der Waals surface area contributed by atoms with Gasteiger partial charge in [0.05, 0.1) is 11.0 Å². The molecule has 0 spiro atoms. The molecule has 2 heteroatoms. The van der Waals surface area contributed by atoms with Gasteiger partial charge in [-0.2, -0.15) is 0 Å². The van der Waals surface area contributed by atoms with Gasteiger partial charge in [0, 0.05) is 27.8 Å². The van der Waals surface area contributed by atoms with Crippen LogP contribution in [0.1, 0.15) is 0 Å². The van der Waals surface area contributed by atoms with E-state index in [2.05, 4.69) is 174 Å². The highest BCUT2D eigenvalue weighted by Crippen LogP contribution is 2.35. The van der Waals surface area contributed by atoms with Crippen molar-refractivity contribution < 1.29 is 0 Å². The first-order valence-corrected chi connectivity index (χ1v) is 14.4. The lowest BCUT2D eigenvalue weighted by Crippen LogP contribution is -1.93. The Labute approximate surface area is 245 Å². The molecule has 0 bridgehead atoms. The van der Waals surface area contributed by atoms with Crippen LogP contribution in [-0.4, -0.2) is 4.57 Å². The zero-order valence-electron chi connectivity index (χ0n) is 23.0. The van der Waals surface area contributed by atoms with E-state index in [0.717, 1.165) is 11.4 Å². The van der Waals surface area contributed by atoms with E-state index in [4.69, 9.17) is 0 Å². The predicted octanol–water partition coefficient (Wildman–Crippen LogP) is 11.0. The Kier molecular flexibility index (Phi) is 5.82. The van der Waals surface area contributed by atoms with Gasteiger partial charge in [0.1, 0.15) is 0 Å². The summed E-state index contributed by atoms with van der Waals surface area (Å²) in [7, 11) is 0. The molecular weight excluding hydrogens is 508 g/mol. The van der Waals surface area contributed by atoms with Crippen LogP contribution in [0.4, 0.5) is 11.4 Å². The Morgan fingerprint density at radius 1 is 0.357 bits per heavy atom. The maximum Gasteiger partial charge on any atom is 0.0542 e.